The average Bonchev–Trinajstić information content (AvgIpc) is 2.71. The smallest absolute Gasteiger partial charge is 0.0347 e. The Labute approximate surface area is 125 Å². The van der Waals surface area contributed by atoms with Gasteiger partial charge in [-0.15, -0.1) is 0 Å². The van der Waals surface area contributed by atoms with Gasteiger partial charge in [-0.25, -0.2) is 0 Å². The highest BCUT2D eigenvalue weighted by Gasteiger charge is 2.40. The van der Waals surface area contributed by atoms with Crippen molar-refractivity contribution < 1.29 is 0 Å². The molecule has 2 N–H and O–H groups in total. The molecule has 0 bridgehead atoms. The zero-order valence-electron chi connectivity index (χ0n) is 13.7. The molecule has 0 spiro atoms. The Morgan fingerprint density at radius 2 is 1.90 bits per heavy atom. The van der Waals surface area contributed by atoms with E-state index in [1.807, 2.05) is 0 Å². The van der Waals surface area contributed by atoms with Crippen molar-refractivity contribution >= 4 is 0 Å². The molecule has 2 fully saturated rings. The van der Waals surface area contributed by atoms with E-state index in [0.29, 0.717) is 5.54 Å². The van der Waals surface area contributed by atoms with Crippen molar-refractivity contribution in [2.75, 3.05) is 32.7 Å². The summed E-state index contributed by atoms with van der Waals surface area (Å²) in [7, 11) is 0. The molecule has 0 aromatic heterocycles. The largest absolute Gasteiger partial charge is 0.329 e. The Hall–Kier alpha value is -0.120. The number of nitrogens with two attached hydrogens (primary N) is 1. The van der Waals surface area contributed by atoms with Crippen molar-refractivity contribution in [2.24, 2.45) is 5.73 Å². The summed E-state index contributed by atoms with van der Waals surface area (Å²) in [4.78, 5) is 5.48. The number of likely N-dealkylation sites (tertiary alicyclic amines) is 2. The van der Waals surface area contributed by atoms with Gasteiger partial charge in [0.25, 0.3) is 0 Å². The van der Waals surface area contributed by atoms with E-state index in [9.17, 15) is 0 Å². The highest BCUT2D eigenvalue weighted by molar-refractivity contribution is 4.98. The molecular formula is C17H35N3. The van der Waals surface area contributed by atoms with Gasteiger partial charge in [0.15, 0.2) is 0 Å². The van der Waals surface area contributed by atoms with Gasteiger partial charge in [-0.05, 0) is 71.1 Å². The lowest BCUT2D eigenvalue weighted by Crippen LogP contribution is -2.59. The first-order chi connectivity index (χ1) is 9.75. The van der Waals surface area contributed by atoms with Crippen LogP contribution < -0.4 is 5.73 Å². The molecule has 0 radical (unpaired) electrons. The average molecular weight is 281 g/mol. The molecule has 2 heterocycles. The molecular weight excluding hydrogens is 246 g/mol. The maximum atomic E-state index is 6.31. The van der Waals surface area contributed by atoms with Gasteiger partial charge in [-0.3, -0.25) is 4.90 Å². The van der Waals surface area contributed by atoms with Crippen molar-refractivity contribution in [2.45, 2.75) is 76.8 Å². The van der Waals surface area contributed by atoms with Gasteiger partial charge < -0.3 is 10.6 Å². The summed E-state index contributed by atoms with van der Waals surface area (Å²) < 4.78 is 0. The van der Waals surface area contributed by atoms with Crippen LogP contribution in [0.3, 0.4) is 0 Å². The minimum absolute atomic E-state index is 0.295. The lowest BCUT2D eigenvalue weighted by atomic mass is 9.84. The third-order valence-corrected chi connectivity index (χ3v) is 5.64. The lowest BCUT2D eigenvalue weighted by molar-refractivity contribution is 0.00996. The van der Waals surface area contributed by atoms with Crippen LogP contribution in [0.15, 0.2) is 0 Å². The molecule has 0 amide bonds. The minimum Gasteiger partial charge on any atom is -0.329 e. The monoisotopic (exact) mass is 281 g/mol. The summed E-state index contributed by atoms with van der Waals surface area (Å²) in [6.07, 6.45) is 10.6. The maximum Gasteiger partial charge on any atom is 0.0347 e. The second kappa shape index (κ2) is 7.77. The van der Waals surface area contributed by atoms with Crippen molar-refractivity contribution in [3.8, 4) is 0 Å². The van der Waals surface area contributed by atoms with Crippen LogP contribution in [0.2, 0.25) is 0 Å². The lowest BCUT2D eigenvalue weighted by Gasteiger charge is -2.49. The third-order valence-electron chi connectivity index (χ3n) is 5.64. The Morgan fingerprint density at radius 1 is 1.05 bits per heavy atom. The zero-order valence-corrected chi connectivity index (χ0v) is 13.7. The van der Waals surface area contributed by atoms with Crippen molar-refractivity contribution in [1.29, 1.82) is 0 Å². The highest BCUT2D eigenvalue weighted by atomic mass is 15.3. The summed E-state index contributed by atoms with van der Waals surface area (Å²) in [6.45, 7) is 10.6. The second-order valence-electron chi connectivity index (χ2n) is 6.87. The molecule has 3 heteroatoms. The molecule has 2 aliphatic heterocycles. The summed E-state index contributed by atoms with van der Waals surface area (Å²) >= 11 is 0. The third kappa shape index (κ3) is 3.55. The Morgan fingerprint density at radius 3 is 2.60 bits per heavy atom. The van der Waals surface area contributed by atoms with Gasteiger partial charge >= 0.3 is 0 Å². The topological polar surface area (TPSA) is 32.5 Å². The molecule has 3 nitrogen and oxygen atoms in total. The van der Waals surface area contributed by atoms with Crippen LogP contribution >= 0.6 is 0 Å². The molecule has 0 saturated carbocycles. The van der Waals surface area contributed by atoms with Crippen LogP contribution in [0.4, 0.5) is 0 Å². The van der Waals surface area contributed by atoms with E-state index in [1.54, 1.807) is 0 Å². The van der Waals surface area contributed by atoms with Gasteiger partial charge in [-0.2, -0.15) is 0 Å². The molecule has 0 aromatic carbocycles. The normalized spacial score (nSPS) is 34.0. The molecule has 118 valence electrons. The van der Waals surface area contributed by atoms with E-state index in [2.05, 4.69) is 23.6 Å². The fourth-order valence-electron chi connectivity index (χ4n) is 4.43. The maximum absolute atomic E-state index is 6.31. The number of rotatable bonds is 5. The van der Waals surface area contributed by atoms with Crippen LogP contribution in [0, 0.1) is 0 Å². The number of piperidine rings is 1. The van der Waals surface area contributed by atoms with Gasteiger partial charge in [-0.1, -0.05) is 20.3 Å². The molecule has 2 saturated heterocycles. The van der Waals surface area contributed by atoms with Crippen LogP contribution in [0.1, 0.15) is 65.2 Å². The molecule has 2 aliphatic rings. The van der Waals surface area contributed by atoms with Crippen molar-refractivity contribution in [3.05, 3.63) is 0 Å². The first-order valence-electron chi connectivity index (χ1n) is 8.95. The van der Waals surface area contributed by atoms with Crippen LogP contribution in [-0.2, 0) is 0 Å². The molecule has 2 unspecified atom stereocenters. The number of nitrogens with zero attached hydrogens (tertiary/aromatic N) is 2. The highest BCUT2D eigenvalue weighted by Crippen LogP contribution is 2.34. The summed E-state index contributed by atoms with van der Waals surface area (Å²) in [5, 5.41) is 0. The fraction of sp³-hybridized carbons (Fsp3) is 1.00. The molecule has 20 heavy (non-hydrogen) atoms. The number of hydrogen-bond donors (Lipinski definition) is 1. The minimum atomic E-state index is 0.295. The van der Waals surface area contributed by atoms with Gasteiger partial charge in [0.2, 0.25) is 0 Å². The zero-order chi connectivity index (χ0) is 14.4. The van der Waals surface area contributed by atoms with Crippen molar-refractivity contribution in [3.63, 3.8) is 0 Å². The number of hydrogen-bond acceptors (Lipinski definition) is 3. The van der Waals surface area contributed by atoms with Crippen LogP contribution in [0.5, 0.6) is 0 Å². The van der Waals surface area contributed by atoms with Gasteiger partial charge in [0.1, 0.15) is 0 Å². The second-order valence-corrected chi connectivity index (χ2v) is 6.87. The molecule has 2 rings (SSSR count). The predicted octanol–water partition coefficient (Wildman–Crippen LogP) is 2.84. The van der Waals surface area contributed by atoms with E-state index >= 15 is 0 Å². The van der Waals surface area contributed by atoms with E-state index < -0.39 is 0 Å². The van der Waals surface area contributed by atoms with E-state index in [0.717, 1.165) is 12.6 Å². The van der Waals surface area contributed by atoms with Gasteiger partial charge in [0.05, 0.1) is 0 Å². The quantitative estimate of drug-likeness (QED) is 0.841. The summed E-state index contributed by atoms with van der Waals surface area (Å²) in [5.74, 6) is 0. The van der Waals surface area contributed by atoms with Gasteiger partial charge in [0, 0.05) is 18.1 Å². The Balaban J connectivity index is 2.07. The molecule has 2 atom stereocenters. The predicted molar refractivity (Wildman–Crippen MR) is 87.0 cm³/mol. The Kier molecular flexibility index (Phi) is 6.31. The summed E-state index contributed by atoms with van der Waals surface area (Å²) in [5.41, 5.74) is 6.61. The van der Waals surface area contributed by atoms with Crippen LogP contribution in [-0.4, -0.2) is 54.1 Å². The first kappa shape index (κ1) is 16.3. The van der Waals surface area contributed by atoms with Crippen LogP contribution in [0.25, 0.3) is 0 Å². The van der Waals surface area contributed by atoms with Crippen molar-refractivity contribution in [1.82, 2.24) is 9.80 Å². The molecule has 0 aliphatic carbocycles. The van der Waals surface area contributed by atoms with E-state index in [-0.39, 0.29) is 0 Å². The SMILES string of the molecule is CCCN1CCCC(CN)(N2CCCCC2CC)CC1. The first-order valence-corrected chi connectivity index (χ1v) is 8.95. The summed E-state index contributed by atoms with van der Waals surface area (Å²) in [6, 6.07) is 0.782. The molecule has 0 aromatic rings. The fourth-order valence-corrected chi connectivity index (χ4v) is 4.43. The Bertz CT molecular complexity index is 281. The van der Waals surface area contributed by atoms with E-state index in [4.69, 9.17) is 5.73 Å². The van der Waals surface area contributed by atoms with E-state index in [1.165, 1.54) is 77.5 Å². The standard InChI is InChI=1S/C17H35N3/c1-3-11-19-12-7-9-17(15-18,10-14-19)20-13-6-5-8-16(20)4-2/h16H,3-15,18H2,1-2H3.